The van der Waals surface area contributed by atoms with Crippen LogP contribution in [0.4, 0.5) is 11.6 Å². The van der Waals surface area contributed by atoms with E-state index in [0.717, 1.165) is 11.3 Å². The Morgan fingerprint density at radius 3 is 2.36 bits per heavy atom. The molecular formula is C19H17ClN4O. The predicted molar refractivity (Wildman–Crippen MR) is 100.0 cm³/mol. The molecule has 0 aliphatic heterocycles. The number of carbonyl (C=O) groups is 1. The Kier molecular flexibility index (Phi) is 5.26. The van der Waals surface area contributed by atoms with Crippen molar-refractivity contribution < 1.29 is 4.79 Å². The molecule has 1 N–H and O–H groups in total. The summed E-state index contributed by atoms with van der Waals surface area (Å²) in [6, 6.07) is 17.0. The molecule has 126 valence electrons. The minimum Gasteiger partial charge on any atom is -0.350 e. The van der Waals surface area contributed by atoms with Crippen LogP contribution in [-0.2, 0) is 6.54 Å². The minimum atomic E-state index is -0.163. The van der Waals surface area contributed by atoms with Crippen LogP contribution in [-0.4, -0.2) is 22.9 Å². The number of anilines is 2. The molecule has 0 spiro atoms. The Labute approximate surface area is 151 Å². The van der Waals surface area contributed by atoms with E-state index in [9.17, 15) is 4.79 Å². The van der Waals surface area contributed by atoms with Crippen LogP contribution < -0.4 is 10.2 Å². The van der Waals surface area contributed by atoms with Crippen molar-refractivity contribution in [3.63, 3.8) is 0 Å². The van der Waals surface area contributed by atoms with E-state index in [1.807, 2.05) is 54.6 Å². The lowest BCUT2D eigenvalue weighted by molar-refractivity contribution is 0.0992. The Balaban J connectivity index is 1.66. The average molecular weight is 353 g/mol. The highest BCUT2D eigenvalue weighted by atomic mass is 35.5. The Morgan fingerprint density at radius 1 is 1.04 bits per heavy atom. The number of halogens is 1. The van der Waals surface area contributed by atoms with Gasteiger partial charge in [-0.1, -0.05) is 48.0 Å². The summed E-state index contributed by atoms with van der Waals surface area (Å²) in [4.78, 5) is 22.5. The second-order valence-corrected chi connectivity index (χ2v) is 5.85. The number of carbonyl (C=O) groups excluding carboxylic acids is 1. The van der Waals surface area contributed by atoms with E-state index in [2.05, 4.69) is 15.3 Å². The summed E-state index contributed by atoms with van der Waals surface area (Å²) >= 11 is 6.12. The molecule has 3 rings (SSSR count). The van der Waals surface area contributed by atoms with Crippen LogP contribution >= 0.6 is 11.6 Å². The van der Waals surface area contributed by atoms with Gasteiger partial charge in [0.1, 0.15) is 0 Å². The molecule has 0 bridgehead atoms. The van der Waals surface area contributed by atoms with Crippen LogP contribution in [0.15, 0.2) is 67.0 Å². The molecule has 3 aromatic rings. The quantitative estimate of drug-likeness (QED) is 0.753. The van der Waals surface area contributed by atoms with Gasteiger partial charge in [-0.05, 0) is 23.8 Å². The highest BCUT2D eigenvalue weighted by Crippen LogP contribution is 2.17. The summed E-state index contributed by atoms with van der Waals surface area (Å²) in [5, 5.41) is 3.78. The molecule has 0 atom stereocenters. The zero-order valence-electron chi connectivity index (χ0n) is 13.7. The van der Waals surface area contributed by atoms with E-state index < -0.39 is 0 Å². The van der Waals surface area contributed by atoms with E-state index in [1.165, 1.54) is 12.4 Å². The Morgan fingerprint density at radius 2 is 1.68 bits per heavy atom. The fourth-order valence-electron chi connectivity index (χ4n) is 2.31. The first-order valence-corrected chi connectivity index (χ1v) is 8.15. The molecule has 6 heteroatoms. The lowest BCUT2D eigenvalue weighted by Gasteiger charge is -2.17. The van der Waals surface area contributed by atoms with Crippen molar-refractivity contribution in [3.8, 4) is 0 Å². The molecule has 1 aromatic heterocycles. The predicted octanol–water partition coefficient (Wildman–Crippen LogP) is 4.02. The van der Waals surface area contributed by atoms with E-state index in [4.69, 9.17) is 11.6 Å². The number of para-hydroxylation sites is 1. The highest BCUT2D eigenvalue weighted by molar-refractivity contribution is 6.31. The summed E-state index contributed by atoms with van der Waals surface area (Å²) in [5.74, 6) is 0.280. The number of rotatable bonds is 5. The molecule has 1 heterocycles. The molecule has 5 nitrogen and oxygen atoms in total. The smallest absolute Gasteiger partial charge is 0.261 e. The normalized spacial score (nSPS) is 10.3. The maximum atomic E-state index is 12.5. The van der Waals surface area contributed by atoms with Crippen molar-refractivity contribution in [2.45, 2.75) is 6.54 Å². The number of hydrogen-bond donors (Lipinski definition) is 1. The maximum Gasteiger partial charge on any atom is 0.261 e. The highest BCUT2D eigenvalue weighted by Gasteiger charge is 2.14. The van der Waals surface area contributed by atoms with Gasteiger partial charge in [-0.15, -0.1) is 0 Å². The number of amides is 1. The van der Waals surface area contributed by atoms with Gasteiger partial charge in [-0.25, -0.2) is 9.97 Å². The molecule has 0 fully saturated rings. The molecule has 0 unspecified atom stereocenters. The molecule has 2 aromatic carbocycles. The molecule has 1 amide bonds. The van der Waals surface area contributed by atoms with Crippen LogP contribution in [0.5, 0.6) is 0 Å². The van der Waals surface area contributed by atoms with Gasteiger partial charge in [0.05, 0.1) is 5.56 Å². The number of aromatic nitrogens is 2. The van der Waals surface area contributed by atoms with Gasteiger partial charge in [0.15, 0.2) is 0 Å². The molecular weight excluding hydrogens is 336 g/mol. The summed E-state index contributed by atoms with van der Waals surface area (Å²) in [6.45, 7) is 0.511. The molecule has 25 heavy (non-hydrogen) atoms. The van der Waals surface area contributed by atoms with Crippen LogP contribution in [0.3, 0.4) is 0 Å². The molecule has 0 saturated carbocycles. The summed E-state index contributed by atoms with van der Waals surface area (Å²) in [5.41, 5.74) is 2.19. The molecule has 0 aliphatic rings. The van der Waals surface area contributed by atoms with E-state index in [-0.39, 0.29) is 5.91 Å². The van der Waals surface area contributed by atoms with E-state index in [0.29, 0.717) is 23.1 Å². The molecule has 0 radical (unpaired) electrons. The molecule has 0 saturated heterocycles. The fourth-order valence-corrected chi connectivity index (χ4v) is 2.51. The second kappa shape index (κ2) is 7.77. The van der Waals surface area contributed by atoms with E-state index >= 15 is 0 Å². The van der Waals surface area contributed by atoms with Gasteiger partial charge >= 0.3 is 0 Å². The van der Waals surface area contributed by atoms with Crippen molar-refractivity contribution in [1.82, 2.24) is 9.97 Å². The van der Waals surface area contributed by atoms with Crippen molar-refractivity contribution in [1.29, 1.82) is 0 Å². The van der Waals surface area contributed by atoms with Crippen LogP contribution in [0.25, 0.3) is 0 Å². The first kappa shape index (κ1) is 16.9. The number of nitrogens with one attached hydrogen (secondary N) is 1. The van der Waals surface area contributed by atoms with Crippen LogP contribution in [0.1, 0.15) is 15.9 Å². The zero-order chi connectivity index (χ0) is 17.6. The standard InChI is InChI=1S/C19H17ClN4O/c1-24(16-8-3-2-4-9-16)18(25)15-12-22-19(23-13-15)21-11-14-7-5-6-10-17(14)20/h2-10,12-13H,11H2,1H3,(H,21,22,23). The van der Waals surface area contributed by atoms with Gasteiger partial charge in [-0.3, -0.25) is 4.79 Å². The Hall–Kier alpha value is -2.92. The second-order valence-electron chi connectivity index (χ2n) is 5.44. The third kappa shape index (κ3) is 4.14. The van der Waals surface area contributed by atoms with Crippen molar-refractivity contribution in [2.24, 2.45) is 0 Å². The first-order valence-electron chi connectivity index (χ1n) is 7.77. The third-order valence-electron chi connectivity index (χ3n) is 3.74. The van der Waals surface area contributed by atoms with Gasteiger partial charge in [0.2, 0.25) is 5.95 Å². The Bertz CT molecular complexity index is 853. The lowest BCUT2D eigenvalue weighted by Crippen LogP contribution is -2.26. The lowest BCUT2D eigenvalue weighted by atomic mass is 10.2. The number of nitrogens with zero attached hydrogens (tertiary/aromatic N) is 3. The van der Waals surface area contributed by atoms with Crippen molar-refractivity contribution >= 4 is 29.1 Å². The largest absolute Gasteiger partial charge is 0.350 e. The van der Waals surface area contributed by atoms with E-state index in [1.54, 1.807) is 11.9 Å². The summed E-state index contributed by atoms with van der Waals surface area (Å²) < 4.78 is 0. The van der Waals surface area contributed by atoms with Gasteiger partial charge in [0, 0.05) is 36.7 Å². The third-order valence-corrected chi connectivity index (χ3v) is 4.11. The van der Waals surface area contributed by atoms with Crippen LogP contribution in [0.2, 0.25) is 5.02 Å². The topological polar surface area (TPSA) is 58.1 Å². The van der Waals surface area contributed by atoms with Gasteiger partial charge in [0.25, 0.3) is 5.91 Å². The van der Waals surface area contributed by atoms with Crippen molar-refractivity contribution in [2.75, 3.05) is 17.3 Å². The summed E-state index contributed by atoms with van der Waals surface area (Å²) in [7, 11) is 1.72. The van der Waals surface area contributed by atoms with Crippen molar-refractivity contribution in [3.05, 3.63) is 83.1 Å². The fraction of sp³-hybridized carbons (Fsp3) is 0.105. The number of hydrogen-bond acceptors (Lipinski definition) is 4. The monoisotopic (exact) mass is 352 g/mol. The summed E-state index contributed by atoms with van der Waals surface area (Å²) in [6.07, 6.45) is 3.04. The first-order chi connectivity index (χ1) is 12.1. The van der Waals surface area contributed by atoms with Gasteiger partial charge in [-0.2, -0.15) is 0 Å². The number of benzene rings is 2. The van der Waals surface area contributed by atoms with Gasteiger partial charge < -0.3 is 10.2 Å². The minimum absolute atomic E-state index is 0.163. The van der Waals surface area contributed by atoms with Crippen LogP contribution in [0, 0.1) is 0 Å². The maximum absolute atomic E-state index is 12.5. The zero-order valence-corrected chi connectivity index (χ0v) is 14.4. The average Bonchev–Trinajstić information content (AvgIpc) is 2.67. The SMILES string of the molecule is CN(C(=O)c1cnc(NCc2ccccc2Cl)nc1)c1ccccc1. The molecule has 0 aliphatic carbocycles.